The van der Waals surface area contributed by atoms with Crippen molar-refractivity contribution in [2.45, 2.75) is 103 Å². The maximum atomic E-state index is 13.3. The number of fused-ring (bicyclic) bond motifs is 1. The largest absolute Gasteiger partial charge is 0.332 e. The van der Waals surface area contributed by atoms with Gasteiger partial charge in [0.2, 0.25) is 0 Å². The van der Waals surface area contributed by atoms with Gasteiger partial charge in [0, 0.05) is 29.5 Å². The van der Waals surface area contributed by atoms with Crippen LogP contribution >= 0.6 is 0 Å². The van der Waals surface area contributed by atoms with Crippen LogP contribution in [0.25, 0.3) is 5.65 Å². The molecular formula is C25H38N4O. The number of rotatable bonds is 4. The van der Waals surface area contributed by atoms with E-state index in [9.17, 15) is 4.79 Å². The Morgan fingerprint density at radius 3 is 2.50 bits per heavy atom. The highest BCUT2D eigenvalue weighted by Crippen LogP contribution is 2.30. The van der Waals surface area contributed by atoms with Gasteiger partial charge in [0.1, 0.15) is 0 Å². The summed E-state index contributed by atoms with van der Waals surface area (Å²) in [6.07, 6.45) is 12.4. The Morgan fingerprint density at radius 1 is 1.10 bits per heavy atom. The predicted octanol–water partition coefficient (Wildman–Crippen LogP) is 5.77. The lowest BCUT2D eigenvalue weighted by Crippen LogP contribution is -2.50. The molecule has 0 N–H and O–H groups in total. The van der Waals surface area contributed by atoms with Crippen LogP contribution in [-0.2, 0) is 6.42 Å². The van der Waals surface area contributed by atoms with Gasteiger partial charge in [-0.3, -0.25) is 4.79 Å². The number of carbonyl (C=O) groups is 1. The monoisotopic (exact) mass is 410 g/mol. The van der Waals surface area contributed by atoms with Crippen molar-refractivity contribution in [3.05, 3.63) is 29.2 Å². The zero-order chi connectivity index (χ0) is 21.3. The second kappa shape index (κ2) is 8.68. The van der Waals surface area contributed by atoms with E-state index in [1.54, 1.807) is 0 Å². The van der Waals surface area contributed by atoms with Crippen LogP contribution in [0.3, 0.4) is 0 Å². The molecule has 1 saturated heterocycles. The molecule has 1 aliphatic heterocycles. The van der Waals surface area contributed by atoms with Gasteiger partial charge >= 0.3 is 0 Å². The van der Waals surface area contributed by atoms with E-state index in [0.717, 1.165) is 48.8 Å². The lowest BCUT2D eigenvalue weighted by atomic mass is 9.90. The molecule has 30 heavy (non-hydrogen) atoms. The average molecular weight is 411 g/mol. The van der Waals surface area contributed by atoms with Crippen LogP contribution in [0, 0.1) is 5.92 Å². The molecule has 0 unspecified atom stereocenters. The fraction of sp³-hybridized carbons (Fsp3) is 0.720. The second-order valence-corrected chi connectivity index (χ2v) is 10.4. The van der Waals surface area contributed by atoms with E-state index < -0.39 is 0 Å². The Kier molecular flexibility index (Phi) is 6.17. The molecule has 0 spiro atoms. The molecule has 1 saturated carbocycles. The number of carbonyl (C=O) groups excluding carboxylic acids is 1. The van der Waals surface area contributed by atoms with Gasteiger partial charge in [0.15, 0.2) is 11.3 Å². The van der Waals surface area contributed by atoms with Crippen molar-refractivity contribution < 1.29 is 4.79 Å². The third-order valence-corrected chi connectivity index (χ3v) is 7.19. The lowest BCUT2D eigenvalue weighted by molar-refractivity contribution is 0.0427. The summed E-state index contributed by atoms with van der Waals surface area (Å²) in [6.45, 7) is 9.55. The van der Waals surface area contributed by atoms with E-state index in [4.69, 9.17) is 10.1 Å². The van der Waals surface area contributed by atoms with E-state index in [1.807, 2.05) is 15.5 Å². The van der Waals surface area contributed by atoms with Crippen LogP contribution < -0.4 is 0 Å². The zero-order valence-corrected chi connectivity index (χ0v) is 19.3. The van der Waals surface area contributed by atoms with Crippen molar-refractivity contribution in [3.63, 3.8) is 0 Å². The van der Waals surface area contributed by atoms with E-state index in [0.29, 0.717) is 11.6 Å². The Labute approximate surface area is 181 Å². The highest BCUT2D eigenvalue weighted by atomic mass is 16.2. The molecule has 2 aromatic heterocycles. The molecule has 1 amide bonds. The van der Waals surface area contributed by atoms with E-state index in [2.05, 4.69) is 33.8 Å². The first kappa shape index (κ1) is 21.3. The third-order valence-electron chi connectivity index (χ3n) is 7.19. The summed E-state index contributed by atoms with van der Waals surface area (Å²) >= 11 is 0. The first-order chi connectivity index (χ1) is 14.3. The van der Waals surface area contributed by atoms with Crippen molar-refractivity contribution in [2.75, 3.05) is 6.54 Å². The van der Waals surface area contributed by atoms with Crippen molar-refractivity contribution in [1.29, 1.82) is 0 Å². The number of nitrogens with zero attached hydrogens (tertiary/aromatic N) is 4. The molecule has 0 bridgehead atoms. The Balaban J connectivity index is 1.65. The molecule has 4 rings (SSSR count). The molecule has 5 nitrogen and oxygen atoms in total. The summed E-state index contributed by atoms with van der Waals surface area (Å²) in [7, 11) is 0. The second-order valence-electron chi connectivity index (χ2n) is 10.4. The molecule has 0 radical (unpaired) electrons. The smallest absolute Gasteiger partial charge is 0.274 e. The quantitative estimate of drug-likeness (QED) is 0.601. The normalized spacial score (nSPS) is 20.6. The van der Waals surface area contributed by atoms with Crippen LogP contribution in [0.4, 0.5) is 0 Å². The van der Waals surface area contributed by atoms with Crippen LogP contribution in [0.5, 0.6) is 0 Å². The molecule has 5 heteroatoms. The predicted molar refractivity (Wildman–Crippen MR) is 121 cm³/mol. The summed E-state index contributed by atoms with van der Waals surface area (Å²) in [5.41, 5.74) is 3.56. The molecule has 0 aromatic carbocycles. The van der Waals surface area contributed by atoms with Crippen LogP contribution in [-0.4, -0.2) is 37.5 Å². The Hall–Kier alpha value is -1.91. The summed E-state index contributed by atoms with van der Waals surface area (Å²) in [5.74, 6) is 1.11. The van der Waals surface area contributed by atoms with Gasteiger partial charge in [0.05, 0.1) is 0 Å². The molecular weight excluding hydrogens is 372 g/mol. The molecule has 164 valence electrons. The van der Waals surface area contributed by atoms with Gasteiger partial charge in [-0.05, 0) is 57.4 Å². The molecule has 2 aliphatic rings. The average Bonchev–Trinajstić information content (AvgIpc) is 2.96. The number of piperidine rings is 1. The Morgan fingerprint density at radius 2 is 1.83 bits per heavy atom. The summed E-state index contributed by atoms with van der Waals surface area (Å²) in [5, 5.41) is 4.74. The van der Waals surface area contributed by atoms with Gasteiger partial charge in [-0.2, -0.15) is 5.10 Å². The minimum atomic E-state index is -0.107. The molecule has 1 aliphatic carbocycles. The maximum absolute atomic E-state index is 13.3. The third kappa shape index (κ3) is 4.40. The van der Waals surface area contributed by atoms with Crippen molar-refractivity contribution in [2.24, 2.45) is 5.92 Å². The summed E-state index contributed by atoms with van der Waals surface area (Å²) < 4.78 is 1.91. The van der Waals surface area contributed by atoms with E-state index >= 15 is 0 Å². The first-order valence-corrected chi connectivity index (χ1v) is 12.1. The first-order valence-electron chi connectivity index (χ1n) is 12.1. The number of aromatic nitrogens is 3. The van der Waals surface area contributed by atoms with Gasteiger partial charge in [-0.1, -0.05) is 52.4 Å². The zero-order valence-electron chi connectivity index (χ0n) is 19.3. The highest BCUT2D eigenvalue weighted by Gasteiger charge is 2.35. The number of likely N-dealkylation sites (tertiary alicyclic amines) is 1. The summed E-state index contributed by atoms with van der Waals surface area (Å²) in [6, 6.07) is 4.14. The van der Waals surface area contributed by atoms with E-state index in [-0.39, 0.29) is 11.4 Å². The fourth-order valence-corrected chi connectivity index (χ4v) is 5.32. The molecule has 0 atom stereocenters. The van der Waals surface area contributed by atoms with Crippen molar-refractivity contribution in [3.8, 4) is 0 Å². The number of hydrogen-bond donors (Lipinski definition) is 0. The van der Waals surface area contributed by atoms with E-state index in [1.165, 1.54) is 44.9 Å². The number of hydrogen-bond acceptors (Lipinski definition) is 3. The molecule has 2 fully saturated rings. The number of amides is 1. The van der Waals surface area contributed by atoms with Crippen molar-refractivity contribution >= 4 is 11.6 Å². The minimum Gasteiger partial charge on any atom is -0.332 e. The van der Waals surface area contributed by atoms with Crippen LogP contribution in [0.15, 0.2) is 12.1 Å². The van der Waals surface area contributed by atoms with Crippen LogP contribution in [0.1, 0.15) is 113 Å². The van der Waals surface area contributed by atoms with Gasteiger partial charge < -0.3 is 4.90 Å². The highest BCUT2D eigenvalue weighted by molar-refractivity contribution is 5.94. The van der Waals surface area contributed by atoms with Gasteiger partial charge in [0.25, 0.3) is 5.91 Å². The molecule has 2 aromatic rings. The van der Waals surface area contributed by atoms with Gasteiger partial charge in [-0.15, -0.1) is 0 Å². The standard InChI is InChI=1S/C25H38N4O/c1-18(2)22-16-20(15-19-11-7-5-6-8-12-19)26-23-17-21(27-29(22)23)24(30)28-14-10-9-13-25(28,3)4/h16-19H,5-15H2,1-4H3. The SMILES string of the molecule is CC(C)c1cc(CC2CCCCCC2)nc2cc(C(=O)N3CCCCC3(C)C)nn12. The van der Waals surface area contributed by atoms with Crippen molar-refractivity contribution in [1.82, 2.24) is 19.5 Å². The Bertz CT molecular complexity index is 890. The fourth-order valence-electron chi connectivity index (χ4n) is 5.32. The lowest BCUT2D eigenvalue weighted by Gasteiger charge is -2.42. The van der Waals surface area contributed by atoms with Gasteiger partial charge in [-0.25, -0.2) is 9.50 Å². The topological polar surface area (TPSA) is 50.5 Å². The summed E-state index contributed by atoms with van der Waals surface area (Å²) in [4.78, 5) is 20.3. The minimum absolute atomic E-state index is 0.0465. The maximum Gasteiger partial charge on any atom is 0.274 e. The molecule has 3 heterocycles. The van der Waals surface area contributed by atoms with Crippen LogP contribution in [0.2, 0.25) is 0 Å².